The first-order valence-electron chi connectivity index (χ1n) is 16.9. The second kappa shape index (κ2) is 13.4. The number of carbonyl (C=O) groups excluding carboxylic acids is 4. The molecule has 0 bridgehead atoms. The summed E-state index contributed by atoms with van der Waals surface area (Å²) in [5.41, 5.74) is 2.30. The molecular formula is C36H42FN7O7. The molecule has 0 radical (unpaired) electrons. The molecule has 2 aliphatic rings. The van der Waals surface area contributed by atoms with Crippen molar-refractivity contribution >= 4 is 51.5 Å². The zero-order chi connectivity index (χ0) is 36.8. The number of halogens is 1. The van der Waals surface area contributed by atoms with E-state index in [4.69, 9.17) is 14.9 Å². The van der Waals surface area contributed by atoms with Gasteiger partial charge in [-0.1, -0.05) is 12.1 Å². The SMILES string of the molecule is CN(CC(=O)NCC(=O)OC(C)(C)C)C(=O)Cn1nc(C2CC3(C2)CN(C(=O)CCC(=O)O)C3)c2c(-c3cc4c(cnn4C)cc3F)cccc21. The quantitative estimate of drug-likeness (QED) is 0.223. The van der Waals surface area contributed by atoms with Crippen LogP contribution in [0.3, 0.4) is 0 Å². The lowest BCUT2D eigenvalue weighted by atomic mass is 9.56. The third-order valence-corrected chi connectivity index (χ3v) is 9.58. The first-order chi connectivity index (χ1) is 24.0. The van der Waals surface area contributed by atoms with Gasteiger partial charge >= 0.3 is 11.9 Å². The molecule has 1 saturated carbocycles. The fraction of sp³-hybridized carbons (Fsp3) is 0.472. The van der Waals surface area contributed by atoms with Crippen LogP contribution < -0.4 is 5.32 Å². The fourth-order valence-electron chi connectivity index (χ4n) is 7.17. The number of aryl methyl sites for hydroxylation is 1. The summed E-state index contributed by atoms with van der Waals surface area (Å²) >= 11 is 0. The van der Waals surface area contributed by atoms with Gasteiger partial charge in [-0.25, -0.2) is 4.39 Å². The monoisotopic (exact) mass is 703 g/mol. The van der Waals surface area contributed by atoms with Crippen molar-refractivity contribution in [2.75, 3.05) is 33.2 Å². The molecule has 1 spiro atoms. The molecule has 15 heteroatoms. The Hall–Kier alpha value is -5.34. The summed E-state index contributed by atoms with van der Waals surface area (Å²) in [5.74, 6) is -3.15. The molecule has 1 aliphatic carbocycles. The molecule has 14 nitrogen and oxygen atoms in total. The van der Waals surface area contributed by atoms with Gasteiger partial charge in [0, 0.05) is 61.3 Å². The molecule has 1 saturated heterocycles. The molecule has 0 unspecified atom stereocenters. The average molecular weight is 704 g/mol. The number of rotatable bonds is 11. The number of likely N-dealkylation sites (tertiary alicyclic amines) is 1. The van der Waals surface area contributed by atoms with Gasteiger partial charge in [0.05, 0.1) is 35.9 Å². The number of benzene rings is 2. The van der Waals surface area contributed by atoms with Gasteiger partial charge in [-0.05, 0) is 57.4 Å². The first kappa shape index (κ1) is 35.5. The molecule has 4 aromatic rings. The summed E-state index contributed by atoms with van der Waals surface area (Å²) in [5, 5.41) is 22.0. The van der Waals surface area contributed by atoms with Crippen LogP contribution in [0.15, 0.2) is 36.5 Å². The topological polar surface area (TPSA) is 169 Å². The van der Waals surface area contributed by atoms with E-state index in [9.17, 15) is 24.0 Å². The van der Waals surface area contributed by atoms with Gasteiger partial charge in [-0.15, -0.1) is 0 Å². The van der Waals surface area contributed by atoms with E-state index in [1.54, 1.807) is 60.4 Å². The van der Waals surface area contributed by atoms with Crippen LogP contribution in [0.25, 0.3) is 32.9 Å². The van der Waals surface area contributed by atoms with Crippen molar-refractivity contribution in [3.63, 3.8) is 0 Å². The number of hydrogen-bond acceptors (Lipinski definition) is 8. The Kier molecular flexibility index (Phi) is 9.33. The maximum Gasteiger partial charge on any atom is 0.325 e. The van der Waals surface area contributed by atoms with Crippen LogP contribution in [0.4, 0.5) is 4.39 Å². The highest BCUT2D eigenvalue weighted by molar-refractivity contribution is 6.00. The highest BCUT2D eigenvalue weighted by Crippen LogP contribution is 2.57. The van der Waals surface area contributed by atoms with Crippen LogP contribution in [0, 0.1) is 11.2 Å². The van der Waals surface area contributed by atoms with Crippen LogP contribution in [0.2, 0.25) is 0 Å². The number of aliphatic carboxylic acids is 1. The summed E-state index contributed by atoms with van der Waals surface area (Å²) in [4.78, 5) is 64.4. The normalized spacial score (nSPS) is 15.5. The molecule has 6 rings (SSSR count). The number of likely N-dealkylation sites (N-methyl/N-ethyl adjacent to an activating group) is 1. The average Bonchev–Trinajstić information content (AvgIpc) is 3.55. The van der Waals surface area contributed by atoms with E-state index in [0.717, 1.165) is 29.4 Å². The second-order valence-corrected chi connectivity index (χ2v) is 14.8. The molecule has 2 aromatic heterocycles. The first-order valence-corrected chi connectivity index (χ1v) is 16.9. The minimum atomic E-state index is -1.01. The van der Waals surface area contributed by atoms with Gasteiger partial charge in [0.15, 0.2) is 0 Å². The summed E-state index contributed by atoms with van der Waals surface area (Å²) < 4.78 is 24.2. The predicted molar refractivity (Wildman–Crippen MR) is 184 cm³/mol. The summed E-state index contributed by atoms with van der Waals surface area (Å²) in [6.45, 7) is 5.44. The Morgan fingerprint density at radius 3 is 2.49 bits per heavy atom. The van der Waals surface area contributed by atoms with E-state index in [-0.39, 0.29) is 49.7 Å². The third-order valence-electron chi connectivity index (χ3n) is 9.58. The highest BCUT2D eigenvalue weighted by Gasteiger charge is 2.54. The molecule has 1 aliphatic heterocycles. The maximum absolute atomic E-state index is 15.8. The van der Waals surface area contributed by atoms with Crippen molar-refractivity contribution in [2.45, 2.75) is 64.5 Å². The van der Waals surface area contributed by atoms with Gasteiger partial charge in [0.1, 0.15) is 24.5 Å². The molecule has 270 valence electrons. The standard InChI is InChI=1S/C36H42FN7O7/c1-35(2,3)51-32(50)16-38-28(45)17-41(4)30(47)18-44-26-8-6-7-23(24-12-27-21(11-25(24)37)15-39-42(27)5)33(26)34(40-44)22-13-36(14-22)19-43(20-36)29(46)9-10-31(48)49/h6-8,11-12,15,22H,9-10,13-14,16-20H2,1-5H3,(H,38,45)(H,48,49). The summed E-state index contributed by atoms with van der Waals surface area (Å²) in [6.07, 6.45) is 2.82. The number of nitrogens with zero attached hydrogens (tertiary/aromatic N) is 6. The van der Waals surface area contributed by atoms with Crippen molar-refractivity contribution in [3.05, 3.63) is 48.0 Å². The van der Waals surface area contributed by atoms with Gasteiger partial charge in [-0.2, -0.15) is 10.2 Å². The van der Waals surface area contributed by atoms with Crippen LogP contribution in [-0.4, -0.2) is 103 Å². The second-order valence-electron chi connectivity index (χ2n) is 14.8. The van der Waals surface area contributed by atoms with Gasteiger partial charge in [0.2, 0.25) is 17.7 Å². The molecule has 2 aromatic carbocycles. The Bertz CT molecular complexity index is 2050. The lowest BCUT2D eigenvalue weighted by molar-refractivity contribution is -0.154. The van der Waals surface area contributed by atoms with Gasteiger partial charge in [-0.3, -0.25) is 33.3 Å². The van der Waals surface area contributed by atoms with E-state index >= 15 is 4.39 Å². The minimum absolute atomic E-state index is 0.0267. The predicted octanol–water partition coefficient (Wildman–Crippen LogP) is 3.22. The Balaban J connectivity index is 1.24. The molecule has 3 amide bonds. The van der Waals surface area contributed by atoms with Gasteiger partial charge < -0.3 is 25.0 Å². The number of esters is 1. The fourth-order valence-corrected chi connectivity index (χ4v) is 7.17. The molecule has 51 heavy (non-hydrogen) atoms. The number of carbonyl (C=O) groups is 5. The zero-order valence-electron chi connectivity index (χ0n) is 29.4. The third kappa shape index (κ3) is 7.42. The maximum atomic E-state index is 15.8. The number of ether oxygens (including phenoxy) is 1. The minimum Gasteiger partial charge on any atom is -0.481 e. The van der Waals surface area contributed by atoms with Crippen molar-refractivity contribution in [1.82, 2.24) is 34.7 Å². The molecule has 2 N–H and O–H groups in total. The number of carboxylic acids is 1. The summed E-state index contributed by atoms with van der Waals surface area (Å²) in [6, 6.07) is 8.67. The largest absolute Gasteiger partial charge is 0.481 e. The summed E-state index contributed by atoms with van der Waals surface area (Å²) in [7, 11) is 3.28. The Morgan fingerprint density at radius 1 is 1.08 bits per heavy atom. The van der Waals surface area contributed by atoms with Crippen LogP contribution in [0.5, 0.6) is 0 Å². The van der Waals surface area contributed by atoms with E-state index in [0.29, 0.717) is 35.1 Å². The number of nitrogens with one attached hydrogen (secondary N) is 1. The molecule has 2 fully saturated rings. The molecule has 0 atom stereocenters. The van der Waals surface area contributed by atoms with Crippen molar-refractivity contribution < 1.29 is 38.2 Å². The van der Waals surface area contributed by atoms with Crippen LogP contribution in [-0.2, 0) is 42.3 Å². The smallest absolute Gasteiger partial charge is 0.325 e. The highest BCUT2D eigenvalue weighted by atomic mass is 19.1. The number of hydrogen-bond donors (Lipinski definition) is 2. The van der Waals surface area contributed by atoms with Crippen LogP contribution >= 0.6 is 0 Å². The van der Waals surface area contributed by atoms with Crippen molar-refractivity contribution in [2.24, 2.45) is 12.5 Å². The lowest BCUT2D eigenvalue weighted by Crippen LogP contribution is -2.63. The number of aromatic nitrogens is 4. The number of carboxylic acid groups (broad SMARTS) is 1. The lowest BCUT2D eigenvalue weighted by Gasteiger charge is -2.59. The van der Waals surface area contributed by atoms with E-state index in [1.807, 2.05) is 12.1 Å². The van der Waals surface area contributed by atoms with E-state index < -0.39 is 35.2 Å². The molecular weight excluding hydrogens is 661 g/mol. The van der Waals surface area contributed by atoms with Crippen molar-refractivity contribution in [3.8, 4) is 11.1 Å². The van der Waals surface area contributed by atoms with Gasteiger partial charge in [0.25, 0.3) is 0 Å². The Morgan fingerprint density at radius 2 is 1.80 bits per heavy atom. The van der Waals surface area contributed by atoms with E-state index in [1.165, 1.54) is 18.0 Å². The number of amides is 3. The Labute approximate surface area is 293 Å². The van der Waals surface area contributed by atoms with Crippen molar-refractivity contribution in [1.29, 1.82) is 0 Å². The van der Waals surface area contributed by atoms with E-state index in [2.05, 4.69) is 10.4 Å². The molecule has 3 heterocycles. The van der Waals surface area contributed by atoms with Crippen LogP contribution in [0.1, 0.15) is 58.1 Å². The zero-order valence-corrected chi connectivity index (χ0v) is 29.4. The number of fused-ring (bicyclic) bond motifs is 2.